The summed E-state index contributed by atoms with van der Waals surface area (Å²) in [6.07, 6.45) is -4.68. The van der Waals surface area contributed by atoms with E-state index in [9.17, 15) is 15.3 Å². The maximum absolute atomic E-state index is 10.3. The van der Waals surface area contributed by atoms with E-state index in [-0.39, 0.29) is 13.2 Å². The molecule has 2 aromatic carbocycles. The zero-order valence-corrected chi connectivity index (χ0v) is 14.5. The molecule has 0 aliphatic heterocycles. The summed E-state index contributed by atoms with van der Waals surface area (Å²) in [5, 5.41) is 39.0. The molecule has 26 heavy (non-hydrogen) atoms. The van der Waals surface area contributed by atoms with Crippen molar-refractivity contribution in [3.8, 4) is 0 Å². The van der Waals surface area contributed by atoms with Gasteiger partial charge in [-0.25, -0.2) is 0 Å². The van der Waals surface area contributed by atoms with Gasteiger partial charge in [-0.3, -0.25) is 0 Å². The van der Waals surface area contributed by atoms with Crippen molar-refractivity contribution in [3.05, 3.63) is 71.8 Å². The number of rotatable bonds is 11. The molecule has 0 unspecified atom stereocenters. The van der Waals surface area contributed by atoms with Gasteiger partial charge in [0, 0.05) is 0 Å². The highest BCUT2D eigenvalue weighted by Gasteiger charge is 2.34. The lowest BCUT2D eigenvalue weighted by atomic mass is 10.0. The van der Waals surface area contributed by atoms with Gasteiger partial charge in [0.2, 0.25) is 0 Å². The van der Waals surface area contributed by atoms with E-state index in [1.54, 1.807) is 0 Å². The van der Waals surface area contributed by atoms with Crippen LogP contribution in [0.25, 0.3) is 0 Å². The summed E-state index contributed by atoms with van der Waals surface area (Å²) in [6.45, 7) is -0.629. The lowest BCUT2D eigenvalue weighted by molar-refractivity contribution is -0.171. The Morgan fingerprint density at radius 2 is 1.19 bits per heavy atom. The van der Waals surface area contributed by atoms with Crippen LogP contribution in [0.3, 0.4) is 0 Å². The normalized spacial score (nSPS) is 16.0. The van der Waals surface area contributed by atoms with Crippen molar-refractivity contribution < 1.29 is 29.9 Å². The average Bonchev–Trinajstić information content (AvgIpc) is 2.70. The number of hydrogen-bond acceptors (Lipinski definition) is 6. The zero-order valence-electron chi connectivity index (χ0n) is 14.5. The van der Waals surface area contributed by atoms with E-state index >= 15 is 0 Å². The van der Waals surface area contributed by atoms with Crippen molar-refractivity contribution in [2.24, 2.45) is 0 Å². The van der Waals surface area contributed by atoms with E-state index in [0.717, 1.165) is 11.1 Å². The highest BCUT2D eigenvalue weighted by Crippen LogP contribution is 2.17. The lowest BCUT2D eigenvalue weighted by Gasteiger charge is -2.32. The minimum absolute atomic E-state index is 0.173. The second-order valence-electron chi connectivity index (χ2n) is 6.02. The molecule has 142 valence electrons. The smallest absolute Gasteiger partial charge is 0.115 e. The number of ether oxygens (including phenoxy) is 2. The minimum atomic E-state index is -1.41. The Bertz CT molecular complexity index is 606. The third-order valence-electron chi connectivity index (χ3n) is 4.06. The van der Waals surface area contributed by atoms with Gasteiger partial charge in [-0.2, -0.15) is 0 Å². The Morgan fingerprint density at radius 3 is 1.65 bits per heavy atom. The Kier molecular flexibility index (Phi) is 8.70. The molecule has 0 aliphatic carbocycles. The fourth-order valence-corrected chi connectivity index (χ4v) is 2.55. The second kappa shape index (κ2) is 11.0. The minimum Gasteiger partial charge on any atom is -0.394 e. The molecular formula is C20H26O6. The predicted octanol–water partition coefficient (Wildman–Crippen LogP) is 0.864. The maximum Gasteiger partial charge on any atom is 0.115 e. The van der Waals surface area contributed by atoms with Crippen LogP contribution in [0.1, 0.15) is 11.1 Å². The van der Waals surface area contributed by atoms with Crippen LogP contribution in [-0.2, 0) is 22.7 Å². The largest absolute Gasteiger partial charge is 0.394 e. The van der Waals surface area contributed by atoms with Crippen LogP contribution in [0.5, 0.6) is 0 Å². The molecule has 0 amide bonds. The van der Waals surface area contributed by atoms with Gasteiger partial charge in [-0.05, 0) is 11.1 Å². The molecule has 0 radical (unpaired) electrons. The molecule has 0 heterocycles. The molecule has 6 heteroatoms. The van der Waals surface area contributed by atoms with Crippen LogP contribution in [-0.4, -0.2) is 58.1 Å². The Balaban J connectivity index is 2.05. The Morgan fingerprint density at radius 1 is 0.692 bits per heavy atom. The molecule has 0 saturated heterocycles. The molecule has 6 nitrogen and oxygen atoms in total. The topological polar surface area (TPSA) is 99.4 Å². The monoisotopic (exact) mass is 362 g/mol. The third-order valence-corrected chi connectivity index (χ3v) is 4.06. The number of aliphatic hydroxyl groups is 4. The summed E-state index contributed by atoms with van der Waals surface area (Å²) < 4.78 is 11.5. The zero-order chi connectivity index (χ0) is 18.8. The van der Waals surface area contributed by atoms with Crippen molar-refractivity contribution in [1.29, 1.82) is 0 Å². The van der Waals surface area contributed by atoms with E-state index in [0.29, 0.717) is 0 Å². The molecule has 0 saturated carbocycles. The van der Waals surface area contributed by atoms with Gasteiger partial charge in [-0.1, -0.05) is 60.7 Å². The first kappa shape index (κ1) is 20.5. The molecule has 2 rings (SSSR count). The van der Waals surface area contributed by atoms with E-state index in [1.807, 2.05) is 60.7 Å². The summed E-state index contributed by atoms with van der Waals surface area (Å²) >= 11 is 0. The van der Waals surface area contributed by atoms with Gasteiger partial charge < -0.3 is 29.9 Å². The SMILES string of the molecule is OC[C@@H](O)[C@H](O)[C@H](OCc1ccccc1)[C@@H](CO)OCc1ccccc1. The van der Waals surface area contributed by atoms with Crippen LogP contribution < -0.4 is 0 Å². The van der Waals surface area contributed by atoms with Crippen LogP contribution in [0.2, 0.25) is 0 Å². The van der Waals surface area contributed by atoms with Gasteiger partial charge in [0.15, 0.2) is 0 Å². The molecule has 0 aliphatic rings. The van der Waals surface area contributed by atoms with Crippen LogP contribution in [0.15, 0.2) is 60.7 Å². The van der Waals surface area contributed by atoms with Crippen LogP contribution in [0, 0.1) is 0 Å². The van der Waals surface area contributed by atoms with E-state index in [1.165, 1.54) is 0 Å². The third kappa shape index (κ3) is 6.17. The number of hydrogen-bond donors (Lipinski definition) is 4. The van der Waals surface area contributed by atoms with E-state index < -0.39 is 37.6 Å². The molecular weight excluding hydrogens is 336 g/mol. The van der Waals surface area contributed by atoms with Crippen LogP contribution >= 0.6 is 0 Å². The summed E-state index contributed by atoms with van der Waals surface area (Å²) in [4.78, 5) is 0. The molecule has 0 bridgehead atoms. The number of aliphatic hydroxyl groups excluding tert-OH is 4. The van der Waals surface area contributed by atoms with Crippen LogP contribution in [0.4, 0.5) is 0 Å². The van der Waals surface area contributed by atoms with Gasteiger partial charge in [0.05, 0.1) is 26.4 Å². The fraction of sp³-hybridized carbons (Fsp3) is 0.400. The van der Waals surface area contributed by atoms with Gasteiger partial charge in [0.25, 0.3) is 0 Å². The van der Waals surface area contributed by atoms with Gasteiger partial charge >= 0.3 is 0 Å². The fourth-order valence-electron chi connectivity index (χ4n) is 2.55. The number of benzene rings is 2. The summed E-state index contributed by atoms with van der Waals surface area (Å²) in [6, 6.07) is 18.7. The van der Waals surface area contributed by atoms with Crippen molar-refractivity contribution in [3.63, 3.8) is 0 Å². The second-order valence-corrected chi connectivity index (χ2v) is 6.02. The molecule has 0 aromatic heterocycles. The Labute approximate surface area is 153 Å². The molecule has 0 fully saturated rings. The van der Waals surface area contributed by atoms with Gasteiger partial charge in [-0.15, -0.1) is 0 Å². The average molecular weight is 362 g/mol. The Hall–Kier alpha value is -1.80. The predicted molar refractivity (Wildman–Crippen MR) is 96.2 cm³/mol. The van der Waals surface area contributed by atoms with Crippen molar-refractivity contribution >= 4 is 0 Å². The van der Waals surface area contributed by atoms with Crippen molar-refractivity contribution in [1.82, 2.24) is 0 Å². The molecule has 0 spiro atoms. The van der Waals surface area contributed by atoms with E-state index in [4.69, 9.17) is 14.6 Å². The van der Waals surface area contributed by atoms with Crippen molar-refractivity contribution in [2.75, 3.05) is 13.2 Å². The van der Waals surface area contributed by atoms with Crippen molar-refractivity contribution in [2.45, 2.75) is 37.6 Å². The first-order chi connectivity index (χ1) is 12.7. The molecule has 2 aromatic rings. The first-order valence-electron chi connectivity index (χ1n) is 8.54. The highest BCUT2D eigenvalue weighted by atomic mass is 16.6. The lowest BCUT2D eigenvalue weighted by Crippen LogP contribution is -2.49. The molecule has 4 atom stereocenters. The summed E-state index contributed by atoms with van der Waals surface area (Å²) in [5.41, 5.74) is 1.79. The molecule has 4 N–H and O–H groups in total. The first-order valence-corrected chi connectivity index (χ1v) is 8.54. The standard InChI is InChI=1S/C20H26O6/c21-11-17(23)19(24)20(26-14-16-9-5-2-6-10-16)18(12-22)25-13-15-7-3-1-4-8-15/h1-10,17-24H,11-14H2/t17-,18-,19+,20-/m1/s1. The maximum atomic E-state index is 10.3. The summed E-state index contributed by atoms with van der Waals surface area (Å²) in [7, 11) is 0. The quantitative estimate of drug-likeness (QED) is 0.473. The van der Waals surface area contributed by atoms with E-state index in [2.05, 4.69) is 0 Å². The summed E-state index contributed by atoms with van der Waals surface area (Å²) in [5.74, 6) is 0. The highest BCUT2D eigenvalue weighted by molar-refractivity contribution is 5.14. The van der Waals surface area contributed by atoms with Gasteiger partial charge in [0.1, 0.15) is 24.4 Å².